The summed E-state index contributed by atoms with van der Waals surface area (Å²) in [5.74, 6) is 1.39. The number of aromatic nitrogens is 4. The van der Waals surface area contributed by atoms with Crippen LogP contribution in [-0.4, -0.2) is 26.2 Å². The molecule has 6 nitrogen and oxygen atoms in total. The molecule has 0 atom stereocenters. The lowest BCUT2D eigenvalue weighted by Crippen LogP contribution is -2.24. The number of hydrogen-bond donors (Lipinski definition) is 0. The lowest BCUT2D eigenvalue weighted by molar-refractivity contribution is 0.415. The summed E-state index contributed by atoms with van der Waals surface area (Å²) in [5.41, 5.74) is 1.51. The Labute approximate surface area is 179 Å². The van der Waals surface area contributed by atoms with Gasteiger partial charge in [0, 0.05) is 30.5 Å². The van der Waals surface area contributed by atoms with E-state index in [1.807, 2.05) is 47.2 Å². The predicted octanol–water partition coefficient (Wildman–Crippen LogP) is 4.52. The van der Waals surface area contributed by atoms with Crippen molar-refractivity contribution >= 4 is 34.7 Å². The van der Waals surface area contributed by atoms with Crippen LogP contribution in [0.5, 0.6) is 5.75 Å². The number of ether oxygens (including phenoxy) is 1. The highest BCUT2D eigenvalue weighted by Gasteiger charge is 2.10. The van der Waals surface area contributed by atoms with Crippen molar-refractivity contribution in [2.75, 3.05) is 7.11 Å². The van der Waals surface area contributed by atoms with Crippen LogP contribution < -0.4 is 10.3 Å². The molecule has 30 heavy (non-hydrogen) atoms. The van der Waals surface area contributed by atoms with Gasteiger partial charge in [0.1, 0.15) is 11.6 Å². The fourth-order valence-corrected chi connectivity index (χ4v) is 3.44. The molecule has 0 aliphatic rings. The Hall–Kier alpha value is -3.38. The van der Waals surface area contributed by atoms with Crippen molar-refractivity contribution in [3.05, 3.63) is 87.9 Å². The van der Waals surface area contributed by atoms with Crippen molar-refractivity contribution in [2.45, 2.75) is 19.5 Å². The van der Waals surface area contributed by atoms with Crippen molar-refractivity contribution in [1.82, 2.24) is 19.1 Å². The number of nitrogens with zero attached hydrogens (tertiary/aromatic N) is 4. The van der Waals surface area contributed by atoms with Gasteiger partial charge < -0.3 is 9.30 Å². The Morgan fingerprint density at radius 2 is 1.93 bits per heavy atom. The van der Waals surface area contributed by atoms with Gasteiger partial charge in [-0.2, -0.15) is 0 Å². The van der Waals surface area contributed by atoms with Crippen LogP contribution in [0, 0.1) is 0 Å². The van der Waals surface area contributed by atoms with E-state index in [0.29, 0.717) is 28.3 Å². The second kappa shape index (κ2) is 8.97. The first-order valence-corrected chi connectivity index (χ1v) is 10.00. The number of methoxy groups -OCH3 is 1. The number of aryl methyl sites for hydroxylation is 1. The molecule has 4 aromatic rings. The van der Waals surface area contributed by atoms with Gasteiger partial charge in [-0.3, -0.25) is 9.36 Å². The lowest BCUT2D eigenvalue weighted by Gasteiger charge is -2.12. The molecular weight excluding hydrogens is 400 g/mol. The predicted molar refractivity (Wildman–Crippen MR) is 120 cm³/mol. The van der Waals surface area contributed by atoms with Crippen molar-refractivity contribution in [3.63, 3.8) is 0 Å². The van der Waals surface area contributed by atoms with E-state index < -0.39 is 0 Å². The maximum atomic E-state index is 13.2. The Morgan fingerprint density at radius 1 is 1.10 bits per heavy atom. The van der Waals surface area contributed by atoms with Crippen LogP contribution in [0.3, 0.4) is 0 Å². The first kappa shape index (κ1) is 19.9. The molecule has 0 bridgehead atoms. The standard InChI is InChI=1S/C23H21ClN4O2/c1-30-19-7-3-17(4-8-19)5-10-22-26-21-15-18(24)6-9-20(21)23(29)28(22)13-2-12-27-14-11-25-16-27/h3-11,14-16H,2,12-13H2,1H3/b10-5+. The third-order valence-electron chi connectivity index (χ3n) is 4.84. The highest BCUT2D eigenvalue weighted by molar-refractivity contribution is 6.31. The molecule has 0 fully saturated rings. The van der Waals surface area contributed by atoms with Crippen molar-refractivity contribution in [3.8, 4) is 5.75 Å². The van der Waals surface area contributed by atoms with Crippen LogP contribution in [0.25, 0.3) is 23.1 Å². The summed E-state index contributed by atoms with van der Waals surface area (Å²) >= 11 is 6.12. The summed E-state index contributed by atoms with van der Waals surface area (Å²) in [6.07, 6.45) is 10.0. The number of halogens is 1. The first-order chi connectivity index (χ1) is 14.6. The molecule has 0 saturated heterocycles. The molecular formula is C23H21ClN4O2. The van der Waals surface area contributed by atoms with E-state index in [9.17, 15) is 4.79 Å². The summed E-state index contributed by atoms with van der Waals surface area (Å²) in [6.45, 7) is 1.32. The fourth-order valence-electron chi connectivity index (χ4n) is 3.27. The van der Waals surface area contributed by atoms with Crippen LogP contribution in [0.15, 0.2) is 66.0 Å². The van der Waals surface area contributed by atoms with Crippen molar-refractivity contribution in [1.29, 1.82) is 0 Å². The highest BCUT2D eigenvalue weighted by Crippen LogP contribution is 2.18. The Kier molecular flexibility index (Phi) is 5.95. The van der Waals surface area contributed by atoms with E-state index in [1.54, 1.807) is 42.4 Å². The Morgan fingerprint density at radius 3 is 2.67 bits per heavy atom. The van der Waals surface area contributed by atoms with Gasteiger partial charge in [-0.15, -0.1) is 0 Å². The minimum Gasteiger partial charge on any atom is -0.497 e. The maximum absolute atomic E-state index is 13.2. The van der Waals surface area contributed by atoms with Crippen LogP contribution >= 0.6 is 11.6 Å². The normalized spacial score (nSPS) is 11.4. The van der Waals surface area contributed by atoms with E-state index >= 15 is 0 Å². The molecule has 4 rings (SSSR count). The van der Waals surface area contributed by atoms with E-state index in [-0.39, 0.29) is 5.56 Å². The van der Waals surface area contributed by atoms with Crippen LogP contribution in [0.2, 0.25) is 5.02 Å². The number of rotatable bonds is 7. The van der Waals surface area contributed by atoms with Crippen molar-refractivity contribution in [2.24, 2.45) is 0 Å². The minimum absolute atomic E-state index is 0.0725. The lowest BCUT2D eigenvalue weighted by atomic mass is 10.2. The largest absolute Gasteiger partial charge is 0.497 e. The quantitative estimate of drug-likeness (QED) is 0.441. The third kappa shape index (κ3) is 4.44. The number of hydrogen-bond acceptors (Lipinski definition) is 4. The number of imidazole rings is 1. The molecule has 0 spiro atoms. The van der Waals surface area contributed by atoms with Gasteiger partial charge in [-0.1, -0.05) is 29.8 Å². The van der Waals surface area contributed by atoms with Gasteiger partial charge in [0.15, 0.2) is 0 Å². The monoisotopic (exact) mass is 420 g/mol. The van der Waals surface area contributed by atoms with E-state index in [0.717, 1.165) is 24.3 Å². The summed E-state index contributed by atoms with van der Waals surface area (Å²) in [4.78, 5) is 21.9. The number of fused-ring (bicyclic) bond motifs is 1. The molecule has 0 aliphatic heterocycles. The molecule has 2 aromatic heterocycles. The van der Waals surface area contributed by atoms with Gasteiger partial charge in [-0.25, -0.2) is 9.97 Å². The van der Waals surface area contributed by atoms with E-state index in [2.05, 4.69) is 4.98 Å². The number of benzene rings is 2. The van der Waals surface area contributed by atoms with Gasteiger partial charge in [0.05, 0.1) is 24.3 Å². The smallest absolute Gasteiger partial charge is 0.261 e. The van der Waals surface area contributed by atoms with E-state index in [4.69, 9.17) is 21.3 Å². The average molecular weight is 421 g/mol. The topological polar surface area (TPSA) is 61.9 Å². The summed E-state index contributed by atoms with van der Waals surface area (Å²) in [5, 5.41) is 1.11. The first-order valence-electron chi connectivity index (χ1n) is 9.62. The fraction of sp³-hybridized carbons (Fsp3) is 0.174. The molecule has 0 radical (unpaired) electrons. The Balaban J connectivity index is 1.68. The zero-order valence-electron chi connectivity index (χ0n) is 16.5. The average Bonchev–Trinajstić information content (AvgIpc) is 3.27. The summed E-state index contributed by atoms with van der Waals surface area (Å²) < 4.78 is 8.91. The maximum Gasteiger partial charge on any atom is 0.261 e. The van der Waals surface area contributed by atoms with E-state index in [1.165, 1.54) is 0 Å². The van der Waals surface area contributed by atoms with Crippen LogP contribution in [-0.2, 0) is 13.1 Å². The molecule has 7 heteroatoms. The molecule has 0 N–H and O–H groups in total. The van der Waals surface area contributed by atoms with Crippen molar-refractivity contribution < 1.29 is 4.74 Å². The molecule has 152 valence electrons. The van der Waals surface area contributed by atoms with Gasteiger partial charge in [-0.05, 0) is 48.4 Å². The second-order valence-corrected chi connectivity index (χ2v) is 7.29. The second-order valence-electron chi connectivity index (χ2n) is 6.85. The molecule has 2 heterocycles. The summed E-state index contributed by atoms with van der Waals surface area (Å²) in [6, 6.07) is 12.9. The van der Waals surface area contributed by atoms with Gasteiger partial charge in [0.25, 0.3) is 5.56 Å². The molecule has 0 unspecified atom stereocenters. The SMILES string of the molecule is COc1ccc(/C=C/c2nc3cc(Cl)ccc3c(=O)n2CCCn2ccnc2)cc1. The molecule has 0 saturated carbocycles. The van der Waals surface area contributed by atoms with Crippen LogP contribution in [0.1, 0.15) is 17.8 Å². The van der Waals surface area contributed by atoms with Gasteiger partial charge >= 0.3 is 0 Å². The third-order valence-corrected chi connectivity index (χ3v) is 5.08. The van der Waals surface area contributed by atoms with Gasteiger partial charge in [0.2, 0.25) is 0 Å². The highest BCUT2D eigenvalue weighted by atomic mass is 35.5. The minimum atomic E-state index is -0.0725. The zero-order chi connectivity index (χ0) is 20.9. The van der Waals surface area contributed by atoms with Crippen LogP contribution in [0.4, 0.5) is 0 Å². The Bertz CT molecular complexity index is 1230. The molecule has 0 amide bonds. The summed E-state index contributed by atoms with van der Waals surface area (Å²) in [7, 11) is 1.64. The molecule has 0 aliphatic carbocycles. The molecule has 2 aromatic carbocycles. The zero-order valence-corrected chi connectivity index (χ0v) is 17.3.